The Hall–Kier alpha value is -2.70. The third-order valence-corrected chi connectivity index (χ3v) is 5.58. The molecule has 142 valence electrons. The lowest BCUT2D eigenvalue weighted by molar-refractivity contribution is -0.138. The van der Waals surface area contributed by atoms with Crippen molar-refractivity contribution in [2.75, 3.05) is 5.75 Å². The van der Waals surface area contributed by atoms with Gasteiger partial charge in [-0.2, -0.15) is 18.4 Å². The van der Waals surface area contributed by atoms with Crippen LogP contribution in [0.5, 0.6) is 0 Å². The predicted molar refractivity (Wildman–Crippen MR) is 101 cm³/mol. The van der Waals surface area contributed by atoms with Gasteiger partial charge in [0.15, 0.2) is 0 Å². The van der Waals surface area contributed by atoms with E-state index in [-0.39, 0.29) is 28.7 Å². The molecule has 0 atom stereocenters. The van der Waals surface area contributed by atoms with Crippen molar-refractivity contribution in [3.63, 3.8) is 0 Å². The Morgan fingerprint density at radius 2 is 2.07 bits per heavy atom. The highest BCUT2D eigenvalue weighted by Gasteiger charge is 2.36. The fourth-order valence-electron chi connectivity index (χ4n) is 2.41. The minimum atomic E-state index is -4.70. The van der Waals surface area contributed by atoms with Gasteiger partial charge in [0.05, 0.1) is 27.5 Å². The van der Waals surface area contributed by atoms with Crippen molar-refractivity contribution in [2.24, 2.45) is 0 Å². The molecular formula is C19H12F3N3OS2. The second-order valence-electron chi connectivity index (χ2n) is 5.65. The summed E-state index contributed by atoms with van der Waals surface area (Å²) in [5.41, 5.74) is -0.914. The zero-order valence-corrected chi connectivity index (χ0v) is 15.9. The maximum absolute atomic E-state index is 13.5. The predicted octanol–water partition coefficient (Wildman–Crippen LogP) is 5.00. The van der Waals surface area contributed by atoms with Gasteiger partial charge in [-0.25, -0.2) is 4.98 Å². The molecule has 4 nitrogen and oxygen atoms in total. The summed E-state index contributed by atoms with van der Waals surface area (Å²) in [5, 5.41) is 10.9. The van der Waals surface area contributed by atoms with Gasteiger partial charge in [-0.05, 0) is 29.6 Å². The summed E-state index contributed by atoms with van der Waals surface area (Å²) in [7, 11) is 0. The summed E-state index contributed by atoms with van der Waals surface area (Å²) in [4.78, 5) is 21.0. The summed E-state index contributed by atoms with van der Waals surface area (Å²) in [6, 6.07) is 11.0. The molecule has 0 saturated heterocycles. The fraction of sp³-hybridized carbons (Fsp3) is 0.158. The van der Waals surface area contributed by atoms with Gasteiger partial charge in [-0.15, -0.1) is 11.3 Å². The zero-order chi connectivity index (χ0) is 20.1. The van der Waals surface area contributed by atoms with Gasteiger partial charge in [0.1, 0.15) is 16.9 Å². The number of ketones is 1. The molecule has 0 aliphatic carbocycles. The number of nitriles is 1. The van der Waals surface area contributed by atoms with Crippen molar-refractivity contribution in [3.05, 3.63) is 64.8 Å². The molecule has 0 spiro atoms. The first-order valence-corrected chi connectivity index (χ1v) is 9.85. The number of aromatic nitrogens is 2. The Bertz CT molecular complexity index is 1010. The number of halogens is 3. The average Bonchev–Trinajstić information content (AvgIpc) is 3.20. The monoisotopic (exact) mass is 419 g/mol. The van der Waals surface area contributed by atoms with Gasteiger partial charge in [-0.3, -0.25) is 9.78 Å². The van der Waals surface area contributed by atoms with Crippen LogP contribution in [0.15, 0.2) is 53.0 Å². The molecule has 0 amide bonds. The number of rotatable bonds is 6. The lowest BCUT2D eigenvalue weighted by atomic mass is 10.1. The van der Waals surface area contributed by atoms with E-state index < -0.39 is 17.3 Å². The van der Waals surface area contributed by atoms with Crippen LogP contribution >= 0.6 is 23.1 Å². The van der Waals surface area contributed by atoms with Gasteiger partial charge < -0.3 is 0 Å². The zero-order valence-electron chi connectivity index (χ0n) is 14.2. The Morgan fingerprint density at radius 3 is 2.68 bits per heavy atom. The molecule has 3 rings (SSSR count). The SMILES string of the molecule is N#Cc1c(C(F)(F)F)cc(-c2cccs2)nc1SCC(=O)Cc1ccccn1. The largest absolute Gasteiger partial charge is 0.417 e. The van der Waals surface area contributed by atoms with Crippen molar-refractivity contribution < 1.29 is 18.0 Å². The quantitative estimate of drug-likeness (QED) is 0.526. The lowest BCUT2D eigenvalue weighted by Crippen LogP contribution is -2.12. The number of hydrogen-bond acceptors (Lipinski definition) is 6. The van der Waals surface area contributed by atoms with E-state index in [2.05, 4.69) is 9.97 Å². The lowest BCUT2D eigenvalue weighted by Gasteiger charge is -2.13. The molecule has 0 bridgehead atoms. The van der Waals surface area contributed by atoms with E-state index in [1.807, 2.05) is 0 Å². The van der Waals surface area contributed by atoms with E-state index >= 15 is 0 Å². The maximum atomic E-state index is 13.5. The van der Waals surface area contributed by atoms with Gasteiger partial charge in [0, 0.05) is 18.3 Å². The second kappa shape index (κ2) is 8.54. The molecule has 0 aromatic carbocycles. The molecule has 0 saturated carbocycles. The Kier molecular flexibility index (Phi) is 6.11. The number of nitrogens with zero attached hydrogens (tertiary/aromatic N) is 3. The van der Waals surface area contributed by atoms with Crippen molar-refractivity contribution in [1.82, 2.24) is 9.97 Å². The van der Waals surface area contributed by atoms with Crippen LogP contribution in [0.25, 0.3) is 10.6 Å². The summed E-state index contributed by atoms with van der Waals surface area (Å²) in [6.45, 7) is 0. The molecule has 0 aliphatic heterocycles. The Labute approximate surface area is 167 Å². The number of alkyl halides is 3. The van der Waals surface area contributed by atoms with E-state index in [9.17, 15) is 23.2 Å². The first-order chi connectivity index (χ1) is 13.4. The minimum Gasteiger partial charge on any atom is -0.298 e. The van der Waals surface area contributed by atoms with Crippen LogP contribution in [0.2, 0.25) is 0 Å². The molecule has 3 aromatic rings. The highest BCUT2D eigenvalue weighted by atomic mass is 32.2. The molecule has 0 radical (unpaired) electrons. The highest BCUT2D eigenvalue weighted by molar-refractivity contribution is 8.00. The maximum Gasteiger partial charge on any atom is 0.417 e. The van der Waals surface area contributed by atoms with E-state index in [0.717, 1.165) is 17.8 Å². The van der Waals surface area contributed by atoms with Crippen molar-refractivity contribution in [3.8, 4) is 16.6 Å². The topological polar surface area (TPSA) is 66.6 Å². The van der Waals surface area contributed by atoms with Crippen LogP contribution in [0, 0.1) is 11.3 Å². The van der Waals surface area contributed by atoms with Crippen molar-refractivity contribution in [2.45, 2.75) is 17.6 Å². The summed E-state index contributed by atoms with van der Waals surface area (Å²) < 4.78 is 40.4. The Balaban J connectivity index is 1.89. The van der Waals surface area contributed by atoms with Crippen LogP contribution in [0.4, 0.5) is 13.2 Å². The molecular weight excluding hydrogens is 407 g/mol. The van der Waals surface area contributed by atoms with Gasteiger partial charge in [0.25, 0.3) is 0 Å². The molecule has 3 heterocycles. The molecule has 28 heavy (non-hydrogen) atoms. The number of carbonyl (C=O) groups is 1. The number of thioether (sulfide) groups is 1. The van der Waals surface area contributed by atoms with Crippen molar-refractivity contribution in [1.29, 1.82) is 5.26 Å². The number of pyridine rings is 2. The molecule has 0 unspecified atom stereocenters. The van der Waals surface area contributed by atoms with E-state index in [0.29, 0.717) is 10.6 Å². The van der Waals surface area contributed by atoms with Crippen LogP contribution in [0.3, 0.4) is 0 Å². The smallest absolute Gasteiger partial charge is 0.298 e. The third-order valence-electron chi connectivity index (χ3n) is 3.65. The Morgan fingerprint density at radius 1 is 1.25 bits per heavy atom. The van der Waals surface area contributed by atoms with Crippen LogP contribution in [0.1, 0.15) is 16.8 Å². The normalized spacial score (nSPS) is 11.2. The summed E-state index contributed by atoms with van der Waals surface area (Å²) >= 11 is 2.08. The van der Waals surface area contributed by atoms with E-state index in [1.165, 1.54) is 11.3 Å². The summed E-state index contributed by atoms with van der Waals surface area (Å²) in [5.74, 6) is -0.326. The first kappa shape index (κ1) is 20.0. The highest BCUT2D eigenvalue weighted by Crippen LogP contribution is 2.38. The standard InChI is InChI=1S/C19H12F3N3OS2/c20-19(21,22)15-9-16(17-5-3-7-27-17)25-18(14(15)10-23)28-11-13(26)8-12-4-1-2-6-24-12/h1-7,9H,8,11H2. The number of Topliss-reactive ketones (excluding diaryl/α,β-unsaturated/α-hetero) is 1. The first-order valence-electron chi connectivity index (χ1n) is 7.99. The van der Waals surface area contributed by atoms with E-state index in [1.54, 1.807) is 48.0 Å². The molecule has 3 aromatic heterocycles. The number of thiophene rings is 1. The molecule has 0 fully saturated rings. The molecule has 9 heteroatoms. The average molecular weight is 419 g/mol. The molecule has 0 aliphatic rings. The van der Waals surface area contributed by atoms with Crippen molar-refractivity contribution >= 4 is 28.9 Å². The van der Waals surface area contributed by atoms with Gasteiger partial charge in [-0.1, -0.05) is 23.9 Å². The van der Waals surface area contributed by atoms with Gasteiger partial charge >= 0.3 is 6.18 Å². The summed E-state index contributed by atoms with van der Waals surface area (Å²) in [6.07, 6.45) is -3.08. The second-order valence-corrected chi connectivity index (χ2v) is 7.56. The minimum absolute atomic E-state index is 0.0620. The number of carbonyl (C=O) groups excluding carboxylic acids is 1. The fourth-order valence-corrected chi connectivity index (χ4v) is 3.96. The number of hydrogen-bond donors (Lipinski definition) is 0. The van der Waals surface area contributed by atoms with Crippen LogP contribution in [-0.4, -0.2) is 21.5 Å². The third kappa shape index (κ3) is 4.77. The van der Waals surface area contributed by atoms with Crippen LogP contribution < -0.4 is 0 Å². The van der Waals surface area contributed by atoms with Gasteiger partial charge in [0.2, 0.25) is 0 Å². The van der Waals surface area contributed by atoms with E-state index in [4.69, 9.17) is 0 Å². The van der Waals surface area contributed by atoms with Crippen LogP contribution in [-0.2, 0) is 17.4 Å². The molecule has 0 N–H and O–H groups in total.